The molecule has 0 aromatic rings. The fraction of sp³-hybridized carbons (Fsp3) is 1.00. The maximum Gasteiger partial charge on any atom is 0.128 e. The van der Waals surface area contributed by atoms with Crippen LogP contribution in [0.15, 0.2) is 0 Å². The lowest BCUT2D eigenvalue weighted by molar-refractivity contribution is 0.0675. The van der Waals surface area contributed by atoms with E-state index in [1.165, 1.54) is 0 Å². The Kier molecular flexibility index (Phi) is 3.73. The van der Waals surface area contributed by atoms with E-state index in [0.717, 1.165) is 39.0 Å². The lowest BCUT2D eigenvalue weighted by atomic mass is 10.0. The number of ether oxygens (including phenoxy) is 1. The minimum absolute atomic E-state index is 0.0550. The third-order valence-electron chi connectivity index (χ3n) is 3.08. The Balaban J connectivity index is 1.76. The van der Waals surface area contributed by atoms with Crippen LogP contribution >= 0.6 is 0 Å². The van der Waals surface area contributed by atoms with E-state index in [-0.39, 0.29) is 6.04 Å². The van der Waals surface area contributed by atoms with Gasteiger partial charge in [0.1, 0.15) is 6.17 Å². The first kappa shape index (κ1) is 10.3. The number of hydrogen-bond donors (Lipinski definition) is 2. The molecule has 2 atom stereocenters. The summed E-state index contributed by atoms with van der Waals surface area (Å²) in [6.45, 7) is 3.07. The number of piperidine rings is 1. The summed E-state index contributed by atoms with van der Waals surface area (Å²) < 4.78 is 18.7. The fourth-order valence-electron chi connectivity index (χ4n) is 2.18. The van der Waals surface area contributed by atoms with E-state index in [9.17, 15) is 4.39 Å². The molecule has 0 unspecified atom stereocenters. The van der Waals surface area contributed by atoms with Gasteiger partial charge in [0.15, 0.2) is 0 Å². The molecule has 0 aromatic carbocycles. The molecule has 2 rings (SSSR count). The van der Waals surface area contributed by atoms with E-state index in [4.69, 9.17) is 4.74 Å². The zero-order valence-electron chi connectivity index (χ0n) is 8.47. The molecule has 82 valence electrons. The number of alkyl halides is 1. The average Bonchev–Trinajstić information content (AvgIpc) is 2.23. The van der Waals surface area contributed by atoms with Gasteiger partial charge in [0.2, 0.25) is 0 Å². The molecular formula is C10H19FN2O. The third kappa shape index (κ3) is 2.65. The molecule has 14 heavy (non-hydrogen) atoms. The van der Waals surface area contributed by atoms with Gasteiger partial charge in [-0.15, -0.1) is 0 Å². The van der Waals surface area contributed by atoms with Crippen molar-refractivity contribution in [1.29, 1.82) is 0 Å². The summed E-state index contributed by atoms with van der Waals surface area (Å²) in [4.78, 5) is 0. The van der Waals surface area contributed by atoms with Crippen molar-refractivity contribution < 1.29 is 9.13 Å². The molecule has 2 fully saturated rings. The van der Waals surface area contributed by atoms with Crippen LogP contribution in [0.2, 0.25) is 0 Å². The van der Waals surface area contributed by atoms with Crippen molar-refractivity contribution in [3.63, 3.8) is 0 Å². The van der Waals surface area contributed by atoms with Crippen LogP contribution in [0.1, 0.15) is 19.3 Å². The smallest absolute Gasteiger partial charge is 0.128 e. The molecule has 0 aliphatic carbocycles. The zero-order chi connectivity index (χ0) is 9.80. The highest BCUT2D eigenvalue weighted by Crippen LogP contribution is 2.13. The van der Waals surface area contributed by atoms with Crippen LogP contribution in [0.25, 0.3) is 0 Å². The Morgan fingerprint density at radius 1 is 1.21 bits per heavy atom. The van der Waals surface area contributed by atoms with Gasteiger partial charge in [-0.2, -0.15) is 0 Å². The minimum Gasteiger partial charge on any atom is -0.381 e. The maximum absolute atomic E-state index is 13.4. The molecular weight excluding hydrogens is 183 g/mol. The van der Waals surface area contributed by atoms with Gasteiger partial charge in [-0.25, -0.2) is 4.39 Å². The number of nitrogens with one attached hydrogen (secondary N) is 2. The van der Waals surface area contributed by atoms with Gasteiger partial charge in [0.25, 0.3) is 0 Å². The summed E-state index contributed by atoms with van der Waals surface area (Å²) >= 11 is 0. The summed E-state index contributed by atoms with van der Waals surface area (Å²) in [6, 6.07) is 0.518. The molecule has 2 aliphatic rings. The predicted octanol–water partition coefficient (Wildman–Crippen LogP) is 0.455. The maximum atomic E-state index is 13.4. The van der Waals surface area contributed by atoms with Crippen LogP contribution in [0, 0.1) is 0 Å². The van der Waals surface area contributed by atoms with E-state index in [1.807, 2.05) is 0 Å². The molecule has 0 saturated carbocycles. The summed E-state index contributed by atoms with van der Waals surface area (Å²) in [5.74, 6) is 0. The van der Waals surface area contributed by atoms with Crippen LogP contribution in [-0.2, 0) is 4.74 Å². The second-order valence-electron chi connectivity index (χ2n) is 4.17. The fourth-order valence-corrected chi connectivity index (χ4v) is 2.18. The first-order chi connectivity index (χ1) is 6.86. The number of hydrogen-bond acceptors (Lipinski definition) is 3. The van der Waals surface area contributed by atoms with Crippen molar-refractivity contribution in [3.8, 4) is 0 Å². The molecule has 2 N–H and O–H groups in total. The molecule has 3 nitrogen and oxygen atoms in total. The van der Waals surface area contributed by atoms with E-state index < -0.39 is 6.17 Å². The predicted molar refractivity (Wildman–Crippen MR) is 53.1 cm³/mol. The van der Waals surface area contributed by atoms with Gasteiger partial charge < -0.3 is 15.4 Å². The average molecular weight is 202 g/mol. The van der Waals surface area contributed by atoms with Gasteiger partial charge >= 0.3 is 0 Å². The Labute approximate surface area is 84.4 Å². The van der Waals surface area contributed by atoms with Crippen molar-refractivity contribution in [2.75, 3.05) is 26.3 Å². The summed E-state index contributed by atoms with van der Waals surface area (Å²) in [6.07, 6.45) is 2.22. The van der Waals surface area contributed by atoms with E-state index in [1.54, 1.807) is 0 Å². The van der Waals surface area contributed by atoms with Crippen LogP contribution < -0.4 is 10.6 Å². The SMILES string of the molecule is F[C@@H]1CNCC[C@@H]1NC1CCOCC1. The molecule has 0 bridgehead atoms. The van der Waals surface area contributed by atoms with Crippen molar-refractivity contribution in [2.45, 2.75) is 37.5 Å². The first-order valence-electron chi connectivity index (χ1n) is 5.55. The van der Waals surface area contributed by atoms with E-state index >= 15 is 0 Å². The summed E-state index contributed by atoms with van der Waals surface area (Å²) in [7, 11) is 0. The van der Waals surface area contributed by atoms with Crippen LogP contribution in [0.5, 0.6) is 0 Å². The van der Waals surface area contributed by atoms with Crippen LogP contribution in [-0.4, -0.2) is 44.6 Å². The van der Waals surface area contributed by atoms with Gasteiger partial charge in [0, 0.05) is 31.8 Å². The van der Waals surface area contributed by atoms with Gasteiger partial charge in [0.05, 0.1) is 0 Å². The van der Waals surface area contributed by atoms with Crippen LogP contribution in [0.3, 0.4) is 0 Å². The molecule has 2 heterocycles. The molecule has 0 radical (unpaired) electrons. The lowest BCUT2D eigenvalue weighted by Crippen LogP contribution is -2.53. The van der Waals surface area contributed by atoms with E-state index in [2.05, 4.69) is 10.6 Å². The number of halogens is 1. The molecule has 4 heteroatoms. The van der Waals surface area contributed by atoms with Crippen molar-refractivity contribution in [2.24, 2.45) is 0 Å². The largest absolute Gasteiger partial charge is 0.381 e. The normalized spacial score (nSPS) is 35.8. The first-order valence-corrected chi connectivity index (χ1v) is 5.55. The second kappa shape index (κ2) is 5.05. The molecule has 0 spiro atoms. The molecule has 2 saturated heterocycles. The Morgan fingerprint density at radius 3 is 2.71 bits per heavy atom. The molecule has 0 amide bonds. The third-order valence-corrected chi connectivity index (χ3v) is 3.08. The van der Waals surface area contributed by atoms with E-state index in [0.29, 0.717) is 12.6 Å². The van der Waals surface area contributed by atoms with Gasteiger partial charge in [-0.1, -0.05) is 0 Å². The van der Waals surface area contributed by atoms with Crippen molar-refractivity contribution in [3.05, 3.63) is 0 Å². The standard InChI is InChI=1S/C10H19FN2O/c11-9-7-12-4-1-10(9)13-8-2-5-14-6-3-8/h8-10,12-13H,1-7H2/t9-,10+/m1/s1. The van der Waals surface area contributed by atoms with Gasteiger partial charge in [-0.05, 0) is 25.8 Å². The van der Waals surface area contributed by atoms with Crippen molar-refractivity contribution >= 4 is 0 Å². The van der Waals surface area contributed by atoms with Gasteiger partial charge in [-0.3, -0.25) is 0 Å². The zero-order valence-corrected chi connectivity index (χ0v) is 8.47. The van der Waals surface area contributed by atoms with Crippen molar-refractivity contribution in [1.82, 2.24) is 10.6 Å². The summed E-state index contributed by atoms with van der Waals surface area (Å²) in [5, 5.41) is 6.47. The quantitative estimate of drug-likeness (QED) is 0.682. The topological polar surface area (TPSA) is 33.3 Å². The Hall–Kier alpha value is -0.190. The molecule has 0 aromatic heterocycles. The highest BCUT2D eigenvalue weighted by molar-refractivity contribution is 4.86. The minimum atomic E-state index is -0.730. The Bertz CT molecular complexity index is 174. The lowest BCUT2D eigenvalue weighted by Gasteiger charge is -2.33. The highest BCUT2D eigenvalue weighted by Gasteiger charge is 2.27. The summed E-state index contributed by atoms with van der Waals surface area (Å²) in [5.41, 5.74) is 0. The second-order valence-corrected chi connectivity index (χ2v) is 4.17. The number of rotatable bonds is 2. The van der Waals surface area contributed by atoms with Crippen LogP contribution in [0.4, 0.5) is 4.39 Å². The Morgan fingerprint density at radius 2 is 2.00 bits per heavy atom. The molecule has 2 aliphatic heterocycles. The highest BCUT2D eigenvalue weighted by atomic mass is 19.1. The monoisotopic (exact) mass is 202 g/mol.